The van der Waals surface area contributed by atoms with Crippen LogP contribution in [0.25, 0.3) is 10.2 Å². The highest BCUT2D eigenvalue weighted by Crippen LogP contribution is 2.46. The van der Waals surface area contributed by atoms with Crippen LogP contribution in [0.2, 0.25) is 10.0 Å². The molecule has 1 unspecified atom stereocenters. The number of aryl methyl sites for hydroxylation is 3. The Morgan fingerprint density at radius 3 is 2.50 bits per heavy atom. The van der Waals surface area contributed by atoms with Gasteiger partial charge in [0.15, 0.2) is 10.9 Å². The number of aromatic nitrogens is 2. The van der Waals surface area contributed by atoms with E-state index in [-0.39, 0.29) is 10.6 Å². The van der Waals surface area contributed by atoms with Gasteiger partial charge in [-0.3, -0.25) is 14.5 Å². The number of halogens is 2. The number of amides is 1. The number of nitrogens with zero attached hydrogens (tertiary/aromatic N) is 3. The van der Waals surface area contributed by atoms with Crippen LogP contribution in [0, 0.1) is 20.8 Å². The molecule has 1 atom stereocenters. The summed E-state index contributed by atoms with van der Waals surface area (Å²) < 4.78 is 0.886. The zero-order valence-electron chi connectivity index (χ0n) is 18.2. The van der Waals surface area contributed by atoms with Gasteiger partial charge < -0.3 is 5.11 Å². The third-order valence-electron chi connectivity index (χ3n) is 5.56. The molecular weight excluding hydrogens is 513 g/mol. The molecule has 0 bridgehead atoms. The predicted octanol–water partition coefficient (Wildman–Crippen LogP) is 6.77. The van der Waals surface area contributed by atoms with E-state index in [0.29, 0.717) is 36.8 Å². The highest BCUT2D eigenvalue weighted by Gasteiger charge is 2.47. The third-order valence-corrected chi connectivity index (χ3v) is 8.21. The van der Waals surface area contributed by atoms with Gasteiger partial charge in [0.25, 0.3) is 5.91 Å². The molecule has 3 heterocycles. The SMILES string of the molecule is Cc1ccc2nc(N3C(=O)C(O)=C(C(=O)c4sc(C)nc4C)C3c3ccc(Cl)cc3Cl)sc2c1. The monoisotopic (exact) mass is 529 g/mol. The topological polar surface area (TPSA) is 83.4 Å². The number of rotatable bonds is 4. The molecule has 172 valence electrons. The average molecular weight is 530 g/mol. The van der Waals surface area contributed by atoms with E-state index in [2.05, 4.69) is 9.97 Å². The van der Waals surface area contributed by atoms with E-state index in [4.69, 9.17) is 23.2 Å². The molecule has 0 spiro atoms. The van der Waals surface area contributed by atoms with Crippen molar-refractivity contribution in [3.8, 4) is 0 Å². The quantitative estimate of drug-likeness (QED) is 0.295. The molecule has 10 heteroatoms. The number of fused-ring (bicyclic) bond motifs is 1. The highest BCUT2D eigenvalue weighted by atomic mass is 35.5. The molecule has 5 rings (SSSR count). The fraction of sp³-hybridized carbons (Fsp3) is 0.167. The number of anilines is 1. The lowest BCUT2D eigenvalue weighted by Crippen LogP contribution is -2.31. The van der Waals surface area contributed by atoms with Gasteiger partial charge in [0.1, 0.15) is 0 Å². The van der Waals surface area contributed by atoms with Gasteiger partial charge in [0.2, 0.25) is 5.78 Å². The lowest BCUT2D eigenvalue weighted by atomic mass is 9.95. The molecule has 34 heavy (non-hydrogen) atoms. The standard InChI is InChI=1S/C24H17Cl2N3O3S2/c1-10-4-7-16-17(8-10)34-24(28-16)29-19(14-6-5-13(25)9-15(14)26)18(21(31)23(29)32)20(30)22-11(2)27-12(3)33-22/h4-9,19,31H,1-3H3. The maximum absolute atomic E-state index is 13.7. The molecule has 2 aromatic carbocycles. The van der Waals surface area contributed by atoms with E-state index < -0.39 is 23.5 Å². The maximum Gasteiger partial charge on any atom is 0.296 e. The van der Waals surface area contributed by atoms with Gasteiger partial charge in [-0.1, -0.05) is 46.7 Å². The fourth-order valence-electron chi connectivity index (χ4n) is 4.04. The van der Waals surface area contributed by atoms with Crippen molar-refractivity contribution in [2.45, 2.75) is 26.8 Å². The van der Waals surface area contributed by atoms with Crippen LogP contribution in [0.15, 0.2) is 47.7 Å². The minimum absolute atomic E-state index is 0.0589. The number of Topliss-reactive ketones (excluding diaryl/α,β-unsaturated/α-hetero) is 1. The van der Waals surface area contributed by atoms with E-state index in [1.165, 1.54) is 27.6 Å². The van der Waals surface area contributed by atoms with Crippen molar-refractivity contribution in [1.29, 1.82) is 0 Å². The zero-order chi connectivity index (χ0) is 24.3. The molecule has 4 aromatic rings. The molecule has 2 aromatic heterocycles. The Labute approximate surface area is 213 Å². The minimum Gasteiger partial charge on any atom is -0.503 e. The number of benzene rings is 2. The molecule has 0 radical (unpaired) electrons. The first kappa shape index (κ1) is 23.0. The summed E-state index contributed by atoms with van der Waals surface area (Å²) in [4.78, 5) is 37.7. The number of hydrogen-bond donors (Lipinski definition) is 1. The maximum atomic E-state index is 13.7. The summed E-state index contributed by atoms with van der Waals surface area (Å²) >= 11 is 15.2. The number of aliphatic hydroxyl groups excluding tert-OH is 1. The van der Waals surface area contributed by atoms with Crippen molar-refractivity contribution >= 4 is 72.9 Å². The van der Waals surface area contributed by atoms with E-state index in [0.717, 1.165) is 10.3 Å². The first-order chi connectivity index (χ1) is 16.2. The average Bonchev–Trinajstić information content (AvgIpc) is 3.41. The Morgan fingerprint density at radius 1 is 1.06 bits per heavy atom. The number of thiazole rings is 2. The van der Waals surface area contributed by atoms with E-state index in [1.54, 1.807) is 32.0 Å². The predicted molar refractivity (Wildman–Crippen MR) is 137 cm³/mol. The second-order valence-corrected chi connectivity index (χ2v) is 11.0. The summed E-state index contributed by atoms with van der Waals surface area (Å²) in [5.41, 5.74) is 2.71. The molecule has 0 aliphatic carbocycles. The number of carbonyl (C=O) groups excluding carboxylic acids is 2. The fourth-order valence-corrected chi connectivity index (χ4v) is 6.52. The molecule has 6 nitrogen and oxygen atoms in total. The van der Waals surface area contributed by atoms with Crippen LogP contribution in [0.5, 0.6) is 0 Å². The molecule has 1 aliphatic rings. The molecule has 0 saturated carbocycles. The number of ketones is 1. The van der Waals surface area contributed by atoms with Crippen LogP contribution >= 0.6 is 45.9 Å². The molecule has 1 N–H and O–H groups in total. The second kappa shape index (κ2) is 8.46. The van der Waals surface area contributed by atoms with Crippen molar-refractivity contribution < 1.29 is 14.7 Å². The summed E-state index contributed by atoms with van der Waals surface area (Å²) in [6.07, 6.45) is 0. The molecule has 0 fully saturated rings. The van der Waals surface area contributed by atoms with Gasteiger partial charge in [-0.25, -0.2) is 9.97 Å². The largest absolute Gasteiger partial charge is 0.503 e. The van der Waals surface area contributed by atoms with Crippen LogP contribution in [-0.2, 0) is 4.79 Å². The van der Waals surface area contributed by atoms with Crippen LogP contribution in [0.1, 0.15) is 37.5 Å². The van der Waals surface area contributed by atoms with Crippen molar-refractivity contribution in [2.75, 3.05) is 4.90 Å². The van der Waals surface area contributed by atoms with Crippen molar-refractivity contribution in [3.05, 3.63) is 84.5 Å². The lowest BCUT2D eigenvalue weighted by molar-refractivity contribution is -0.117. The first-order valence-corrected chi connectivity index (χ1v) is 12.6. The van der Waals surface area contributed by atoms with Crippen molar-refractivity contribution in [1.82, 2.24) is 9.97 Å². The van der Waals surface area contributed by atoms with Gasteiger partial charge in [0, 0.05) is 10.0 Å². The Balaban J connectivity index is 1.72. The Bertz CT molecular complexity index is 1540. The summed E-state index contributed by atoms with van der Waals surface area (Å²) in [5.74, 6) is -1.81. The first-order valence-electron chi connectivity index (χ1n) is 10.2. The summed E-state index contributed by atoms with van der Waals surface area (Å²) in [6, 6.07) is 9.64. The number of carbonyl (C=O) groups is 2. The summed E-state index contributed by atoms with van der Waals surface area (Å²) in [7, 11) is 0. The Morgan fingerprint density at radius 2 is 1.82 bits per heavy atom. The zero-order valence-corrected chi connectivity index (χ0v) is 21.4. The van der Waals surface area contributed by atoms with Crippen molar-refractivity contribution in [3.63, 3.8) is 0 Å². The normalized spacial score (nSPS) is 16.2. The lowest BCUT2D eigenvalue weighted by Gasteiger charge is -2.25. The molecule has 1 aliphatic heterocycles. The van der Waals surface area contributed by atoms with Gasteiger partial charge in [-0.2, -0.15) is 0 Å². The van der Waals surface area contributed by atoms with Crippen LogP contribution in [0.3, 0.4) is 0 Å². The van der Waals surface area contributed by atoms with E-state index in [9.17, 15) is 14.7 Å². The second-order valence-electron chi connectivity index (χ2n) is 7.95. The molecular formula is C24H17Cl2N3O3S2. The third kappa shape index (κ3) is 3.71. The Kier molecular flexibility index (Phi) is 5.72. The van der Waals surface area contributed by atoms with E-state index in [1.807, 2.05) is 25.1 Å². The van der Waals surface area contributed by atoms with Gasteiger partial charge in [-0.05, 0) is 56.2 Å². The number of hydrogen-bond acceptors (Lipinski definition) is 7. The molecule has 1 amide bonds. The summed E-state index contributed by atoms with van der Waals surface area (Å²) in [6.45, 7) is 5.49. The van der Waals surface area contributed by atoms with Gasteiger partial charge in [-0.15, -0.1) is 11.3 Å². The van der Waals surface area contributed by atoms with Crippen LogP contribution in [-0.4, -0.2) is 26.8 Å². The van der Waals surface area contributed by atoms with Gasteiger partial charge in [0.05, 0.1) is 37.4 Å². The van der Waals surface area contributed by atoms with Crippen LogP contribution < -0.4 is 4.90 Å². The van der Waals surface area contributed by atoms with E-state index >= 15 is 0 Å². The minimum atomic E-state index is -0.978. The van der Waals surface area contributed by atoms with Gasteiger partial charge >= 0.3 is 0 Å². The molecule has 0 saturated heterocycles. The summed E-state index contributed by atoms with van der Waals surface area (Å²) in [5, 5.41) is 12.7. The smallest absolute Gasteiger partial charge is 0.296 e. The Hall–Kier alpha value is -2.78. The van der Waals surface area contributed by atoms with Crippen molar-refractivity contribution in [2.24, 2.45) is 0 Å². The van der Waals surface area contributed by atoms with Crippen LogP contribution in [0.4, 0.5) is 5.13 Å². The number of aliphatic hydroxyl groups is 1. The highest BCUT2D eigenvalue weighted by molar-refractivity contribution is 7.22.